The van der Waals surface area contributed by atoms with Crippen LogP contribution in [-0.2, 0) is 18.3 Å². The molecule has 0 spiro atoms. The lowest BCUT2D eigenvalue weighted by molar-refractivity contribution is -0.130. The van der Waals surface area contributed by atoms with Crippen LogP contribution in [0.1, 0.15) is 29.8 Å². The van der Waals surface area contributed by atoms with Gasteiger partial charge in [-0.15, -0.1) is 0 Å². The van der Waals surface area contributed by atoms with Crippen LogP contribution in [0.25, 0.3) is 0 Å². The van der Waals surface area contributed by atoms with Gasteiger partial charge >= 0.3 is 0 Å². The molecular weight excluding hydrogens is 230 g/mol. The number of amides is 1. The van der Waals surface area contributed by atoms with Crippen LogP contribution in [0.3, 0.4) is 0 Å². The van der Waals surface area contributed by atoms with Gasteiger partial charge in [0.15, 0.2) is 0 Å². The summed E-state index contributed by atoms with van der Waals surface area (Å²) < 4.78 is 1.86. The molecular formula is C13H21N3O2. The molecule has 0 unspecified atom stereocenters. The third kappa shape index (κ3) is 2.56. The average molecular weight is 251 g/mol. The predicted octanol–water partition coefficient (Wildman–Crippen LogP) is 0.563. The molecule has 1 aromatic rings. The van der Waals surface area contributed by atoms with E-state index in [1.807, 2.05) is 25.6 Å². The molecule has 1 fully saturated rings. The summed E-state index contributed by atoms with van der Waals surface area (Å²) in [5.41, 5.74) is 3.30. The fourth-order valence-electron chi connectivity index (χ4n) is 2.54. The first-order chi connectivity index (χ1) is 8.49. The van der Waals surface area contributed by atoms with E-state index in [9.17, 15) is 9.90 Å². The van der Waals surface area contributed by atoms with Crippen molar-refractivity contribution < 1.29 is 9.90 Å². The zero-order valence-electron chi connectivity index (χ0n) is 11.3. The van der Waals surface area contributed by atoms with Crippen molar-refractivity contribution in [2.75, 3.05) is 13.1 Å². The molecule has 0 aromatic carbocycles. The van der Waals surface area contributed by atoms with Crippen LogP contribution in [0.15, 0.2) is 0 Å². The molecule has 5 heteroatoms. The van der Waals surface area contributed by atoms with Crippen molar-refractivity contribution in [2.45, 2.75) is 39.2 Å². The quantitative estimate of drug-likeness (QED) is 0.854. The van der Waals surface area contributed by atoms with Crippen LogP contribution in [0.5, 0.6) is 0 Å². The van der Waals surface area contributed by atoms with Crippen LogP contribution in [0.4, 0.5) is 0 Å². The van der Waals surface area contributed by atoms with Gasteiger partial charge in [-0.3, -0.25) is 9.48 Å². The lowest BCUT2D eigenvalue weighted by Gasteiger charge is -2.15. The van der Waals surface area contributed by atoms with Crippen LogP contribution in [0, 0.1) is 13.8 Å². The first-order valence-electron chi connectivity index (χ1n) is 6.44. The molecule has 2 heterocycles. The number of β-amino-alcohol motifs (C(OH)–C–C–N with tert-alkyl or cyclic N) is 1. The second-order valence-corrected chi connectivity index (χ2v) is 5.06. The predicted molar refractivity (Wildman–Crippen MR) is 68.2 cm³/mol. The number of hydrogen-bond acceptors (Lipinski definition) is 3. The van der Waals surface area contributed by atoms with Gasteiger partial charge in [0.2, 0.25) is 5.91 Å². The van der Waals surface area contributed by atoms with Crippen LogP contribution >= 0.6 is 0 Å². The normalized spacial score (nSPS) is 19.6. The van der Waals surface area contributed by atoms with Crippen molar-refractivity contribution in [3.63, 3.8) is 0 Å². The van der Waals surface area contributed by atoms with Gasteiger partial charge in [0.25, 0.3) is 0 Å². The van der Waals surface area contributed by atoms with Crippen molar-refractivity contribution in [2.24, 2.45) is 7.05 Å². The Morgan fingerprint density at radius 3 is 2.72 bits per heavy atom. The molecule has 1 atom stereocenters. The highest BCUT2D eigenvalue weighted by molar-refractivity contribution is 5.76. The van der Waals surface area contributed by atoms with Gasteiger partial charge in [0.05, 0.1) is 11.8 Å². The maximum Gasteiger partial charge on any atom is 0.222 e. The summed E-state index contributed by atoms with van der Waals surface area (Å²) in [5.74, 6) is 0.134. The highest BCUT2D eigenvalue weighted by Crippen LogP contribution is 2.16. The van der Waals surface area contributed by atoms with E-state index in [4.69, 9.17) is 0 Å². The largest absolute Gasteiger partial charge is 0.391 e. The van der Waals surface area contributed by atoms with Gasteiger partial charge in [-0.25, -0.2) is 0 Å². The zero-order valence-corrected chi connectivity index (χ0v) is 11.3. The fraction of sp³-hybridized carbons (Fsp3) is 0.692. The summed E-state index contributed by atoms with van der Waals surface area (Å²) in [6.07, 6.45) is 1.60. The molecule has 1 aromatic heterocycles. The van der Waals surface area contributed by atoms with Crippen LogP contribution < -0.4 is 0 Å². The zero-order chi connectivity index (χ0) is 13.3. The van der Waals surface area contributed by atoms with E-state index in [2.05, 4.69) is 5.10 Å². The molecule has 1 saturated heterocycles. The number of carbonyl (C=O) groups is 1. The minimum atomic E-state index is -0.337. The lowest BCUT2D eigenvalue weighted by Crippen LogP contribution is -2.29. The highest BCUT2D eigenvalue weighted by atomic mass is 16.3. The molecule has 1 aliphatic rings. The van der Waals surface area contributed by atoms with Crippen LogP contribution in [0.2, 0.25) is 0 Å². The van der Waals surface area contributed by atoms with Gasteiger partial charge in [-0.2, -0.15) is 5.10 Å². The molecule has 1 aliphatic heterocycles. The summed E-state index contributed by atoms with van der Waals surface area (Å²) in [6.45, 7) is 5.18. The Bertz CT molecular complexity index is 453. The van der Waals surface area contributed by atoms with Crippen LogP contribution in [-0.4, -0.2) is 44.9 Å². The van der Waals surface area contributed by atoms with E-state index in [1.54, 1.807) is 4.90 Å². The second-order valence-electron chi connectivity index (χ2n) is 5.06. The molecule has 18 heavy (non-hydrogen) atoms. The standard InChI is InChI=1S/C13H21N3O2/c1-9-12(10(2)15(3)14-9)4-5-13(18)16-7-6-11(17)8-16/h11,17H,4-8H2,1-3H3/t11-/m1/s1. The highest BCUT2D eigenvalue weighted by Gasteiger charge is 2.24. The van der Waals surface area contributed by atoms with E-state index < -0.39 is 0 Å². The topological polar surface area (TPSA) is 58.4 Å². The molecule has 5 nitrogen and oxygen atoms in total. The van der Waals surface area contributed by atoms with E-state index in [1.165, 1.54) is 5.56 Å². The Hall–Kier alpha value is -1.36. The monoisotopic (exact) mass is 251 g/mol. The Morgan fingerprint density at radius 2 is 2.22 bits per heavy atom. The van der Waals surface area contributed by atoms with Crippen molar-refractivity contribution in [3.8, 4) is 0 Å². The number of aliphatic hydroxyl groups excluding tert-OH is 1. The smallest absolute Gasteiger partial charge is 0.222 e. The van der Waals surface area contributed by atoms with Gasteiger partial charge in [-0.1, -0.05) is 0 Å². The number of nitrogens with zero attached hydrogens (tertiary/aromatic N) is 3. The van der Waals surface area contributed by atoms with E-state index >= 15 is 0 Å². The maximum absolute atomic E-state index is 12.0. The molecule has 0 bridgehead atoms. The number of likely N-dealkylation sites (tertiary alicyclic amines) is 1. The number of aliphatic hydroxyl groups is 1. The number of aromatic nitrogens is 2. The molecule has 1 amide bonds. The minimum Gasteiger partial charge on any atom is -0.391 e. The Balaban J connectivity index is 1.93. The van der Waals surface area contributed by atoms with Gasteiger partial charge in [0.1, 0.15) is 0 Å². The van der Waals surface area contributed by atoms with E-state index in [0.717, 1.165) is 17.8 Å². The first-order valence-corrected chi connectivity index (χ1v) is 6.44. The van der Waals surface area contributed by atoms with E-state index in [-0.39, 0.29) is 12.0 Å². The average Bonchev–Trinajstić information content (AvgIpc) is 2.83. The number of rotatable bonds is 3. The summed E-state index contributed by atoms with van der Waals surface area (Å²) in [4.78, 5) is 13.7. The number of hydrogen-bond donors (Lipinski definition) is 1. The third-order valence-corrected chi connectivity index (χ3v) is 3.76. The number of aryl methyl sites for hydroxylation is 2. The maximum atomic E-state index is 12.0. The summed E-state index contributed by atoms with van der Waals surface area (Å²) in [5, 5.41) is 13.8. The fourth-order valence-corrected chi connectivity index (χ4v) is 2.54. The van der Waals surface area contributed by atoms with Gasteiger partial charge in [0, 0.05) is 32.3 Å². The molecule has 1 N–H and O–H groups in total. The Morgan fingerprint density at radius 1 is 1.50 bits per heavy atom. The Labute approximate surface area is 107 Å². The molecule has 100 valence electrons. The van der Waals surface area contributed by atoms with Crippen molar-refractivity contribution in [1.82, 2.24) is 14.7 Å². The lowest BCUT2D eigenvalue weighted by atomic mass is 10.1. The van der Waals surface area contributed by atoms with Crippen molar-refractivity contribution >= 4 is 5.91 Å². The molecule has 0 saturated carbocycles. The van der Waals surface area contributed by atoms with Gasteiger partial charge < -0.3 is 10.0 Å². The minimum absolute atomic E-state index is 0.134. The van der Waals surface area contributed by atoms with Crippen molar-refractivity contribution in [1.29, 1.82) is 0 Å². The van der Waals surface area contributed by atoms with E-state index in [0.29, 0.717) is 25.9 Å². The second kappa shape index (κ2) is 5.10. The third-order valence-electron chi connectivity index (χ3n) is 3.76. The first kappa shape index (κ1) is 13.1. The number of carbonyl (C=O) groups excluding carboxylic acids is 1. The molecule has 2 rings (SSSR count). The molecule has 0 radical (unpaired) electrons. The summed E-state index contributed by atoms with van der Waals surface area (Å²) in [7, 11) is 1.92. The molecule has 0 aliphatic carbocycles. The summed E-state index contributed by atoms with van der Waals surface area (Å²) in [6, 6.07) is 0. The van der Waals surface area contributed by atoms with Crippen molar-refractivity contribution in [3.05, 3.63) is 17.0 Å². The SMILES string of the molecule is Cc1nn(C)c(C)c1CCC(=O)N1CC[C@@H](O)C1. The van der Waals surface area contributed by atoms with Gasteiger partial charge in [-0.05, 0) is 32.3 Å². The summed E-state index contributed by atoms with van der Waals surface area (Å²) >= 11 is 0. The Kier molecular flexibility index (Phi) is 3.71.